The molecule has 0 spiro atoms. The minimum Gasteiger partial charge on any atom is -0.384 e. The van der Waals surface area contributed by atoms with Crippen LogP contribution in [0.4, 0.5) is 11.5 Å². The number of anilines is 1. The van der Waals surface area contributed by atoms with Crippen LogP contribution in [-0.2, 0) is 6.54 Å². The molecule has 0 unspecified atom stereocenters. The van der Waals surface area contributed by atoms with Crippen LogP contribution in [0, 0.1) is 10.1 Å². The van der Waals surface area contributed by atoms with Gasteiger partial charge in [-0.1, -0.05) is 0 Å². The number of amides is 1. The van der Waals surface area contributed by atoms with E-state index in [4.69, 9.17) is 5.73 Å². The van der Waals surface area contributed by atoms with E-state index >= 15 is 0 Å². The Morgan fingerprint density at radius 2 is 2.35 bits per heavy atom. The SMILES string of the molecule is Nc1cc(C(=O)NCCn2cccn2)c([N+](=O)[O-])cn1. The molecule has 0 saturated carbocycles. The first kappa shape index (κ1) is 13.5. The van der Waals surface area contributed by atoms with Gasteiger partial charge in [-0.25, -0.2) is 4.98 Å². The maximum atomic E-state index is 11.9. The fourth-order valence-corrected chi connectivity index (χ4v) is 1.60. The van der Waals surface area contributed by atoms with E-state index in [-0.39, 0.29) is 17.1 Å². The Morgan fingerprint density at radius 1 is 1.55 bits per heavy atom. The van der Waals surface area contributed by atoms with E-state index in [0.717, 1.165) is 6.20 Å². The standard InChI is InChI=1S/C11H12N6O3/c12-10-6-8(9(7-14-10)17(19)20)11(18)13-3-5-16-4-1-2-15-16/h1-2,4,6-7H,3,5H2,(H2,12,14)(H,13,18). The molecule has 0 aromatic carbocycles. The van der Waals surface area contributed by atoms with Gasteiger partial charge in [0.05, 0.1) is 11.5 Å². The number of nitrogens with one attached hydrogen (secondary N) is 1. The highest BCUT2D eigenvalue weighted by atomic mass is 16.6. The van der Waals surface area contributed by atoms with Gasteiger partial charge < -0.3 is 11.1 Å². The molecule has 2 rings (SSSR count). The van der Waals surface area contributed by atoms with Crippen molar-refractivity contribution in [1.29, 1.82) is 0 Å². The van der Waals surface area contributed by atoms with Gasteiger partial charge in [0.25, 0.3) is 11.6 Å². The van der Waals surface area contributed by atoms with Gasteiger partial charge in [0.2, 0.25) is 0 Å². The largest absolute Gasteiger partial charge is 0.384 e. The molecule has 0 aliphatic rings. The smallest absolute Gasteiger partial charge is 0.300 e. The number of pyridine rings is 1. The number of hydrogen-bond donors (Lipinski definition) is 2. The predicted octanol–water partition coefficient (Wildman–Crippen LogP) is 0.198. The number of rotatable bonds is 5. The molecule has 3 N–H and O–H groups in total. The Balaban J connectivity index is 2.05. The number of carbonyl (C=O) groups excluding carboxylic acids is 1. The Kier molecular flexibility index (Phi) is 3.89. The van der Waals surface area contributed by atoms with Crippen LogP contribution < -0.4 is 11.1 Å². The summed E-state index contributed by atoms with van der Waals surface area (Å²) in [5.41, 5.74) is 4.96. The maximum absolute atomic E-state index is 11.9. The van der Waals surface area contributed by atoms with Crippen molar-refractivity contribution in [1.82, 2.24) is 20.1 Å². The van der Waals surface area contributed by atoms with Crippen LogP contribution in [0.15, 0.2) is 30.7 Å². The van der Waals surface area contributed by atoms with E-state index in [1.165, 1.54) is 6.07 Å². The molecule has 9 nitrogen and oxygen atoms in total. The van der Waals surface area contributed by atoms with Gasteiger partial charge >= 0.3 is 0 Å². The van der Waals surface area contributed by atoms with Crippen molar-refractivity contribution < 1.29 is 9.72 Å². The lowest BCUT2D eigenvalue weighted by molar-refractivity contribution is -0.385. The number of nitrogens with zero attached hydrogens (tertiary/aromatic N) is 4. The number of aromatic nitrogens is 3. The first-order valence-corrected chi connectivity index (χ1v) is 5.73. The Hall–Kier alpha value is -2.97. The highest BCUT2D eigenvalue weighted by Crippen LogP contribution is 2.18. The second kappa shape index (κ2) is 5.78. The van der Waals surface area contributed by atoms with E-state index in [1.807, 2.05) is 0 Å². The van der Waals surface area contributed by atoms with Gasteiger partial charge in [0.15, 0.2) is 0 Å². The second-order valence-electron chi connectivity index (χ2n) is 3.91. The van der Waals surface area contributed by atoms with Gasteiger partial charge in [-0.3, -0.25) is 19.6 Å². The van der Waals surface area contributed by atoms with E-state index in [2.05, 4.69) is 15.4 Å². The summed E-state index contributed by atoms with van der Waals surface area (Å²) in [5.74, 6) is -0.522. The lowest BCUT2D eigenvalue weighted by Crippen LogP contribution is -2.28. The first-order chi connectivity index (χ1) is 9.58. The lowest BCUT2D eigenvalue weighted by Gasteiger charge is -2.06. The number of carbonyl (C=O) groups is 1. The van der Waals surface area contributed by atoms with Crippen LogP contribution in [0.25, 0.3) is 0 Å². The Labute approximate surface area is 113 Å². The molecule has 2 aromatic rings. The van der Waals surface area contributed by atoms with Crippen molar-refractivity contribution in [3.05, 3.63) is 46.4 Å². The molecule has 0 fully saturated rings. The third kappa shape index (κ3) is 3.07. The van der Waals surface area contributed by atoms with Crippen LogP contribution in [-0.4, -0.2) is 32.1 Å². The van der Waals surface area contributed by atoms with E-state index in [0.29, 0.717) is 13.1 Å². The third-order valence-corrected chi connectivity index (χ3v) is 2.53. The molecule has 0 bridgehead atoms. The summed E-state index contributed by atoms with van der Waals surface area (Å²) in [7, 11) is 0. The van der Waals surface area contributed by atoms with Crippen molar-refractivity contribution in [2.75, 3.05) is 12.3 Å². The monoisotopic (exact) mass is 276 g/mol. The number of nitrogen functional groups attached to an aromatic ring is 1. The zero-order valence-electron chi connectivity index (χ0n) is 10.4. The predicted molar refractivity (Wildman–Crippen MR) is 69.9 cm³/mol. The normalized spacial score (nSPS) is 10.2. The van der Waals surface area contributed by atoms with E-state index in [1.54, 1.807) is 23.1 Å². The van der Waals surface area contributed by atoms with Gasteiger partial charge in [-0.2, -0.15) is 5.10 Å². The summed E-state index contributed by atoms with van der Waals surface area (Å²) in [5, 5.41) is 17.4. The molecule has 0 aliphatic heterocycles. The van der Waals surface area contributed by atoms with Crippen molar-refractivity contribution in [3.63, 3.8) is 0 Å². The highest BCUT2D eigenvalue weighted by Gasteiger charge is 2.20. The van der Waals surface area contributed by atoms with Crippen LogP contribution in [0.1, 0.15) is 10.4 Å². The summed E-state index contributed by atoms with van der Waals surface area (Å²) in [4.78, 5) is 25.7. The van der Waals surface area contributed by atoms with Crippen molar-refractivity contribution in [2.24, 2.45) is 0 Å². The zero-order chi connectivity index (χ0) is 14.5. The topological polar surface area (TPSA) is 129 Å². The molecule has 0 atom stereocenters. The molecule has 0 saturated heterocycles. The van der Waals surface area contributed by atoms with Crippen LogP contribution >= 0.6 is 0 Å². The van der Waals surface area contributed by atoms with Crippen LogP contribution in [0.5, 0.6) is 0 Å². The molecule has 104 valence electrons. The fourth-order valence-electron chi connectivity index (χ4n) is 1.60. The average molecular weight is 276 g/mol. The summed E-state index contributed by atoms with van der Waals surface area (Å²) < 4.78 is 1.63. The van der Waals surface area contributed by atoms with E-state index < -0.39 is 10.8 Å². The molecule has 0 aliphatic carbocycles. The molecule has 20 heavy (non-hydrogen) atoms. The van der Waals surface area contributed by atoms with Crippen LogP contribution in [0.3, 0.4) is 0 Å². The van der Waals surface area contributed by atoms with E-state index in [9.17, 15) is 14.9 Å². The average Bonchev–Trinajstić information content (AvgIpc) is 2.91. The van der Waals surface area contributed by atoms with Crippen molar-refractivity contribution in [2.45, 2.75) is 6.54 Å². The summed E-state index contributed by atoms with van der Waals surface area (Å²) >= 11 is 0. The first-order valence-electron chi connectivity index (χ1n) is 5.73. The summed E-state index contributed by atoms with van der Waals surface area (Å²) in [6.45, 7) is 0.757. The lowest BCUT2D eigenvalue weighted by atomic mass is 10.2. The molecular formula is C11H12N6O3. The van der Waals surface area contributed by atoms with Crippen molar-refractivity contribution >= 4 is 17.4 Å². The second-order valence-corrected chi connectivity index (χ2v) is 3.91. The summed E-state index contributed by atoms with van der Waals surface area (Å²) in [6.07, 6.45) is 4.34. The van der Waals surface area contributed by atoms with Gasteiger partial charge in [-0.05, 0) is 12.1 Å². The van der Waals surface area contributed by atoms with Crippen molar-refractivity contribution in [3.8, 4) is 0 Å². The quantitative estimate of drug-likeness (QED) is 0.592. The Bertz CT molecular complexity index is 625. The summed E-state index contributed by atoms with van der Waals surface area (Å²) in [6, 6.07) is 2.94. The molecular weight excluding hydrogens is 264 g/mol. The molecule has 2 heterocycles. The zero-order valence-corrected chi connectivity index (χ0v) is 10.4. The highest BCUT2D eigenvalue weighted by molar-refractivity contribution is 5.98. The number of nitro groups is 1. The van der Waals surface area contributed by atoms with Gasteiger partial charge in [-0.15, -0.1) is 0 Å². The molecule has 1 amide bonds. The maximum Gasteiger partial charge on any atom is 0.300 e. The van der Waals surface area contributed by atoms with Gasteiger partial charge in [0.1, 0.15) is 17.6 Å². The fraction of sp³-hybridized carbons (Fsp3) is 0.182. The third-order valence-electron chi connectivity index (χ3n) is 2.53. The Morgan fingerprint density at radius 3 is 3.00 bits per heavy atom. The number of nitrogens with two attached hydrogens (primary N) is 1. The molecule has 2 aromatic heterocycles. The minimum atomic E-state index is -0.672. The number of hydrogen-bond acceptors (Lipinski definition) is 6. The molecule has 9 heteroatoms. The minimum absolute atomic E-state index is 0.0489. The van der Waals surface area contributed by atoms with Crippen LogP contribution in [0.2, 0.25) is 0 Å². The molecule has 0 radical (unpaired) electrons. The van der Waals surface area contributed by atoms with Gasteiger partial charge in [0, 0.05) is 18.9 Å².